The second-order valence-corrected chi connectivity index (χ2v) is 5.11. The molecule has 1 fully saturated rings. The molecule has 1 aromatic rings. The molecule has 0 amide bonds. The van der Waals surface area contributed by atoms with E-state index >= 15 is 0 Å². The second kappa shape index (κ2) is 6.05. The van der Waals surface area contributed by atoms with Crippen molar-refractivity contribution in [3.63, 3.8) is 0 Å². The van der Waals surface area contributed by atoms with Gasteiger partial charge in [-0.2, -0.15) is 0 Å². The Labute approximate surface area is 99.5 Å². The molecule has 1 heterocycles. The number of hydrogen-bond acceptors (Lipinski definition) is 1. The Hall–Kier alpha value is -0.820. The van der Waals surface area contributed by atoms with Gasteiger partial charge in [0.25, 0.3) is 0 Å². The van der Waals surface area contributed by atoms with Crippen molar-refractivity contribution in [3.8, 4) is 0 Å². The van der Waals surface area contributed by atoms with Crippen LogP contribution >= 0.6 is 0 Å². The lowest BCUT2D eigenvalue weighted by Crippen LogP contribution is -2.27. The van der Waals surface area contributed by atoms with Crippen molar-refractivity contribution in [2.45, 2.75) is 32.6 Å². The van der Waals surface area contributed by atoms with Crippen LogP contribution in [0, 0.1) is 5.92 Å². The molecule has 0 spiro atoms. The highest BCUT2D eigenvalue weighted by atomic mass is 15.1. The van der Waals surface area contributed by atoms with Gasteiger partial charge in [0.15, 0.2) is 0 Å². The highest BCUT2D eigenvalue weighted by molar-refractivity contribution is 5.14. The van der Waals surface area contributed by atoms with Gasteiger partial charge in [-0.15, -0.1) is 0 Å². The normalized spacial score (nSPS) is 22.9. The first-order chi connectivity index (χ1) is 7.84. The van der Waals surface area contributed by atoms with Crippen LogP contribution in [0.2, 0.25) is 0 Å². The van der Waals surface area contributed by atoms with Crippen molar-refractivity contribution in [1.82, 2.24) is 4.90 Å². The fraction of sp³-hybridized carbons (Fsp3) is 0.600. The molecule has 16 heavy (non-hydrogen) atoms. The molecule has 1 aliphatic heterocycles. The SMILES string of the molecule is C[C@@H]1CCCN(CCc2ccccc2)CC1. The van der Waals surface area contributed by atoms with Crippen molar-refractivity contribution in [3.05, 3.63) is 35.9 Å². The van der Waals surface area contributed by atoms with E-state index in [1.165, 1.54) is 50.9 Å². The number of likely N-dealkylation sites (tertiary alicyclic amines) is 1. The first kappa shape index (κ1) is 11.7. The van der Waals surface area contributed by atoms with Crippen molar-refractivity contribution < 1.29 is 0 Å². The maximum absolute atomic E-state index is 2.64. The minimum Gasteiger partial charge on any atom is -0.303 e. The topological polar surface area (TPSA) is 3.24 Å². The van der Waals surface area contributed by atoms with Crippen LogP contribution in [-0.2, 0) is 6.42 Å². The van der Waals surface area contributed by atoms with E-state index in [1.807, 2.05) is 0 Å². The van der Waals surface area contributed by atoms with E-state index in [2.05, 4.69) is 42.2 Å². The first-order valence-electron chi connectivity index (χ1n) is 6.61. The predicted octanol–water partition coefficient (Wildman–Crippen LogP) is 3.35. The van der Waals surface area contributed by atoms with Gasteiger partial charge < -0.3 is 4.90 Å². The summed E-state index contributed by atoms with van der Waals surface area (Å²) in [5, 5.41) is 0. The van der Waals surface area contributed by atoms with Gasteiger partial charge in [0.1, 0.15) is 0 Å². The maximum Gasteiger partial charge on any atom is 0.00218 e. The van der Waals surface area contributed by atoms with Crippen LogP contribution in [0.25, 0.3) is 0 Å². The van der Waals surface area contributed by atoms with Crippen LogP contribution < -0.4 is 0 Å². The van der Waals surface area contributed by atoms with Gasteiger partial charge in [0.2, 0.25) is 0 Å². The molecule has 1 aromatic carbocycles. The average Bonchev–Trinajstić information content (AvgIpc) is 2.53. The lowest BCUT2D eigenvalue weighted by Gasteiger charge is -2.19. The zero-order valence-corrected chi connectivity index (χ0v) is 10.4. The molecule has 1 heteroatoms. The molecule has 0 aliphatic carbocycles. The Morgan fingerprint density at radius 2 is 1.94 bits per heavy atom. The Morgan fingerprint density at radius 3 is 2.75 bits per heavy atom. The second-order valence-electron chi connectivity index (χ2n) is 5.11. The van der Waals surface area contributed by atoms with Crippen LogP contribution in [0.1, 0.15) is 31.7 Å². The molecule has 0 N–H and O–H groups in total. The highest BCUT2D eigenvalue weighted by Gasteiger charge is 2.12. The van der Waals surface area contributed by atoms with Crippen molar-refractivity contribution in [2.75, 3.05) is 19.6 Å². The van der Waals surface area contributed by atoms with Gasteiger partial charge in [-0.05, 0) is 50.3 Å². The average molecular weight is 217 g/mol. The third-order valence-corrected chi connectivity index (χ3v) is 3.67. The molecule has 2 rings (SSSR count). The Morgan fingerprint density at radius 1 is 1.12 bits per heavy atom. The van der Waals surface area contributed by atoms with Crippen molar-refractivity contribution in [1.29, 1.82) is 0 Å². The molecule has 0 bridgehead atoms. The molecule has 0 radical (unpaired) electrons. The van der Waals surface area contributed by atoms with E-state index in [0.29, 0.717) is 0 Å². The van der Waals surface area contributed by atoms with Crippen LogP contribution in [0.4, 0.5) is 0 Å². The van der Waals surface area contributed by atoms with Crippen LogP contribution in [0.15, 0.2) is 30.3 Å². The minimum absolute atomic E-state index is 0.932. The summed E-state index contributed by atoms with van der Waals surface area (Å²) in [5.41, 5.74) is 1.47. The summed E-state index contributed by atoms with van der Waals surface area (Å²) < 4.78 is 0. The molecule has 1 nitrogen and oxygen atoms in total. The van der Waals surface area contributed by atoms with Gasteiger partial charge in [0, 0.05) is 6.54 Å². The Bertz CT molecular complexity index is 294. The zero-order chi connectivity index (χ0) is 11.2. The van der Waals surface area contributed by atoms with Crippen LogP contribution in [0.3, 0.4) is 0 Å². The van der Waals surface area contributed by atoms with E-state index in [9.17, 15) is 0 Å². The summed E-state index contributed by atoms with van der Waals surface area (Å²) in [5.74, 6) is 0.932. The Kier molecular flexibility index (Phi) is 4.41. The summed E-state index contributed by atoms with van der Waals surface area (Å²) in [6.07, 6.45) is 5.39. The van der Waals surface area contributed by atoms with E-state index in [0.717, 1.165) is 5.92 Å². The van der Waals surface area contributed by atoms with Crippen molar-refractivity contribution >= 4 is 0 Å². The summed E-state index contributed by atoms with van der Waals surface area (Å²) in [7, 11) is 0. The summed E-state index contributed by atoms with van der Waals surface area (Å²) >= 11 is 0. The van der Waals surface area contributed by atoms with Crippen LogP contribution in [-0.4, -0.2) is 24.5 Å². The smallest absolute Gasteiger partial charge is 0.00218 e. The number of nitrogens with zero attached hydrogens (tertiary/aromatic N) is 1. The summed E-state index contributed by atoms with van der Waals surface area (Å²) in [6, 6.07) is 10.8. The molecule has 1 atom stereocenters. The zero-order valence-electron chi connectivity index (χ0n) is 10.4. The molecule has 0 unspecified atom stereocenters. The van der Waals surface area contributed by atoms with E-state index < -0.39 is 0 Å². The third kappa shape index (κ3) is 3.64. The molecule has 88 valence electrons. The van der Waals surface area contributed by atoms with Crippen LogP contribution in [0.5, 0.6) is 0 Å². The van der Waals surface area contributed by atoms with Gasteiger partial charge in [0.05, 0.1) is 0 Å². The van der Waals surface area contributed by atoms with Crippen molar-refractivity contribution in [2.24, 2.45) is 5.92 Å². The highest BCUT2D eigenvalue weighted by Crippen LogP contribution is 2.16. The van der Waals surface area contributed by atoms with Gasteiger partial charge in [-0.3, -0.25) is 0 Å². The standard InChI is InChI=1S/C15H23N/c1-14-6-5-11-16(12-9-14)13-10-15-7-3-2-4-8-15/h2-4,7-8,14H,5-6,9-13H2,1H3/t14-/m1/s1. The first-order valence-corrected chi connectivity index (χ1v) is 6.61. The maximum atomic E-state index is 2.64. The lowest BCUT2D eigenvalue weighted by molar-refractivity contribution is 0.285. The molecular weight excluding hydrogens is 194 g/mol. The van der Waals surface area contributed by atoms with Gasteiger partial charge in [-0.25, -0.2) is 0 Å². The molecule has 0 aromatic heterocycles. The van der Waals surface area contributed by atoms with E-state index in [-0.39, 0.29) is 0 Å². The Balaban J connectivity index is 1.77. The van der Waals surface area contributed by atoms with Gasteiger partial charge >= 0.3 is 0 Å². The van der Waals surface area contributed by atoms with E-state index in [4.69, 9.17) is 0 Å². The fourth-order valence-corrected chi connectivity index (χ4v) is 2.48. The minimum atomic E-state index is 0.932. The molecule has 1 aliphatic rings. The predicted molar refractivity (Wildman–Crippen MR) is 69.6 cm³/mol. The summed E-state index contributed by atoms with van der Waals surface area (Å²) in [6.45, 7) is 6.22. The fourth-order valence-electron chi connectivity index (χ4n) is 2.48. The number of rotatable bonds is 3. The number of benzene rings is 1. The molecule has 1 saturated heterocycles. The molecular formula is C15H23N. The van der Waals surface area contributed by atoms with Gasteiger partial charge in [-0.1, -0.05) is 37.3 Å². The third-order valence-electron chi connectivity index (χ3n) is 3.67. The largest absolute Gasteiger partial charge is 0.303 e. The molecule has 0 saturated carbocycles. The van der Waals surface area contributed by atoms with E-state index in [1.54, 1.807) is 0 Å². The monoisotopic (exact) mass is 217 g/mol. The number of hydrogen-bond donors (Lipinski definition) is 0. The summed E-state index contributed by atoms with van der Waals surface area (Å²) in [4.78, 5) is 2.64. The quantitative estimate of drug-likeness (QED) is 0.750. The lowest BCUT2D eigenvalue weighted by atomic mass is 10.0.